The normalized spacial score (nSPS) is 14.6. The zero-order chi connectivity index (χ0) is 32.2. The van der Waals surface area contributed by atoms with E-state index in [9.17, 15) is 14.7 Å². The fourth-order valence-corrected chi connectivity index (χ4v) is 4.60. The monoisotopic (exact) mass is 613 g/mol. The lowest BCUT2D eigenvalue weighted by Gasteiger charge is -2.19. The van der Waals surface area contributed by atoms with Crippen LogP contribution in [0.5, 0.6) is 0 Å². The van der Waals surface area contributed by atoms with Gasteiger partial charge in [0.25, 0.3) is 5.89 Å². The molecule has 234 valence electrons. The quantitative estimate of drug-likeness (QED) is 0.158. The van der Waals surface area contributed by atoms with E-state index < -0.39 is 17.3 Å². The van der Waals surface area contributed by atoms with Crippen LogP contribution in [0.2, 0.25) is 0 Å². The molecule has 0 radical (unpaired) electrons. The molecule has 1 aliphatic heterocycles. The number of hydrogen-bond acceptors (Lipinski definition) is 12. The van der Waals surface area contributed by atoms with Crippen molar-refractivity contribution in [3.8, 4) is 11.5 Å². The number of amides is 1. The molecule has 5 rings (SSSR count). The summed E-state index contributed by atoms with van der Waals surface area (Å²) in [4.78, 5) is 37.8. The van der Waals surface area contributed by atoms with Crippen molar-refractivity contribution in [1.29, 1.82) is 0 Å². The number of hydrogen-bond donors (Lipinski definition) is 3. The van der Waals surface area contributed by atoms with Crippen LogP contribution in [0.4, 0.5) is 22.2 Å². The van der Waals surface area contributed by atoms with Crippen LogP contribution in [-0.2, 0) is 21.5 Å². The van der Waals surface area contributed by atoms with Gasteiger partial charge in [0.2, 0.25) is 11.8 Å². The molecule has 0 aliphatic carbocycles. The second-order valence-corrected chi connectivity index (χ2v) is 11.9. The van der Waals surface area contributed by atoms with Crippen LogP contribution in [0.15, 0.2) is 64.1 Å². The molecule has 2 aromatic carbocycles. The summed E-state index contributed by atoms with van der Waals surface area (Å²) in [5.41, 5.74) is 1.79. The Morgan fingerprint density at radius 3 is 2.64 bits per heavy atom. The summed E-state index contributed by atoms with van der Waals surface area (Å²) in [6, 6.07) is 14.7. The van der Waals surface area contributed by atoms with E-state index in [2.05, 4.69) is 35.8 Å². The molecule has 13 nitrogen and oxygen atoms in total. The lowest BCUT2D eigenvalue weighted by molar-refractivity contribution is 0.00951. The van der Waals surface area contributed by atoms with E-state index >= 15 is 0 Å². The number of ether oxygens (including phenoxy) is 2. The number of aliphatic imine (C=N–C) groups is 1. The maximum absolute atomic E-state index is 12.2. The van der Waals surface area contributed by atoms with E-state index in [0.29, 0.717) is 16.8 Å². The van der Waals surface area contributed by atoms with Crippen molar-refractivity contribution in [1.82, 2.24) is 25.5 Å². The third kappa shape index (κ3) is 7.68. The van der Waals surface area contributed by atoms with Crippen LogP contribution < -0.4 is 10.6 Å². The second kappa shape index (κ2) is 12.8. The van der Waals surface area contributed by atoms with Gasteiger partial charge in [-0.3, -0.25) is 0 Å². The van der Waals surface area contributed by atoms with Gasteiger partial charge in [-0.05, 0) is 58.4 Å². The van der Waals surface area contributed by atoms with E-state index in [1.54, 1.807) is 39.1 Å². The Hall–Kier alpha value is -5.17. The maximum atomic E-state index is 12.2. The molecule has 13 heteroatoms. The van der Waals surface area contributed by atoms with Gasteiger partial charge in [0.15, 0.2) is 5.82 Å². The zero-order valence-corrected chi connectivity index (χ0v) is 25.7. The minimum absolute atomic E-state index is 0.135. The summed E-state index contributed by atoms with van der Waals surface area (Å²) in [6.07, 6.45) is 2.84. The topological polar surface area (TPSA) is 174 Å². The van der Waals surface area contributed by atoms with Gasteiger partial charge < -0.3 is 29.6 Å². The molecule has 1 amide bonds. The number of aromatic nitrogens is 4. The molecule has 3 heterocycles. The van der Waals surface area contributed by atoms with Crippen LogP contribution in [-0.4, -0.2) is 62.3 Å². The van der Waals surface area contributed by atoms with Gasteiger partial charge in [-0.15, -0.1) is 10.2 Å². The van der Waals surface area contributed by atoms with Gasteiger partial charge in [-0.25, -0.2) is 19.6 Å². The number of rotatable bonds is 10. The molecule has 3 N–H and O–H groups in total. The molecule has 45 heavy (non-hydrogen) atoms. The number of nitrogens with one attached hydrogen (secondary N) is 2. The Kier molecular flexibility index (Phi) is 8.91. The molecule has 0 spiro atoms. The Balaban J connectivity index is 1.40. The molecule has 0 fully saturated rings. The molecule has 4 aromatic rings. The summed E-state index contributed by atoms with van der Waals surface area (Å²) >= 11 is 0. The number of cyclic esters (lactones) is 1. The maximum Gasteiger partial charge on any atom is 0.407 e. The van der Waals surface area contributed by atoms with Crippen LogP contribution in [0.25, 0.3) is 11.5 Å². The van der Waals surface area contributed by atoms with Crippen molar-refractivity contribution in [2.75, 3.05) is 18.5 Å². The fraction of sp³-hybridized carbons (Fsp3) is 0.344. The number of esters is 1. The van der Waals surface area contributed by atoms with Crippen LogP contribution in [0, 0.1) is 0 Å². The van der Waals surface area contributed by atoms with E-state index in [4.69, 9.17) is 13.9 Å². The minimum Gasteiger partial charge on any atom is -0.451 e. The summed E-state index contributed by atoms with van der Waals surface area (Å²) in [6.45, 7) is 9.07. The highest BCUT2D eigenvalue weighted by Gasteiger charge is 2.37. The number of fused-ring (bicyclic) bond motifs is 1. The number of benzene rings is 2. The molecule has 0 saturated carbocycles. The molecule has 1 atom stereocenters. The fourth-order valence-electron chi connectivity index (χ4n) is 4.60. The van der Waals surface area contributed by atoms with Gasteiger partial charge in [0.1, 0.15) is 16.8 Å². The number of carbonyl (C=O) groups excluding carboxylic acids is 2. The SMILES string of the molecule is CC(C)(C)OC(=O)NCCc1nnc(-c2cnc(Nc3ccc4c(c3)C(C)(C)OC4=O)nc2/N=C\C(CO)c2ccccc2)o1. The molecule has 1 aliphatic rings. The number of aliphatic hydroxyl groups excluding tert-OH is 1. The Bertz CT molecular complexity index is 1710. The lowest BCUT2D eigenvalue weighted by Crippen LogP contribution is -2.33. The Morgan fingerprint density at radius 2 is 1.91 bits per heavy atom. The summed E-state index contributed by atoms with van der Waals surface area (Å²) in [5.74, 6) is 0.123. The van der Waals surface area contributed by atoms with Gasteiger partial charge in [-0.2, -0.15) is 4.98 Å². The number of aliphatic hydroxyl groups is 1. The first kappa shape index (κ1) is 31.3. The van der Waals surface area contributed by atoms with Gasteiger partial charge in [-0.1, -0.05) is 30.3 Å². The highest BCUT2D eigenvalue weighted by Crippen LogP contribution is 2.38. The minimum atomic E-state index is -0.765. The third-order valence-electron chi connectivity index (χ3n) is 6.77. The highest BCUT2D eigenvalue weighted by molar-refractivity contribution is 5.95. The molecule has 1 unspecified atom stereocenters. The van der Waals surface area contributed by atoms with Crippen molar-refractivity contribution in [2.24, 2.45) is 4.99 Å². The van der Waals surface area contributed by atoms with Crippen molar-refractivity contribution >= 4 is 35.7 Å². The summed E-state index contributed by atoms with van der Waals surface area (Å²) < 4.78 is 16.6. The van der Waals surface area contributed by atoms with Gasteiger partial charge in [0, 0.05) is 42.5 Å². The first-order valence-corrected chi connectivity index (χ1v) is 14.4. The van der Waals surface area contributed by atoms with Crippen LogP contribution in [0.1, 0.15) is 67.9 Å². The van der Waals surface area contributed by atoms with Crippen molar-refractivity contribution in [2.45, 2.75) is 58.2 Å². The lowest BCUT2D eigenvalue weighted by atomic mass is 9.95. The van der Waals surface area contributed by atoms with Crippen LogP contribution >= 0.6 is 0 Å². The Labute approximate surface area is 260 Å². The summed E-state index contributed by atoms with van der Waals surface area (Å²) in [7, 11) is 0. The molecular formula is C32H35N7O6. The second-order valence-electron chi connectivity index (χ2n) is 11.9. The molecular weight excluding hydrogens is 578 g/mol. The average molecular weight is 614 g/mol. The Morgan fingerprint density at radius 1 is 1.13 bits per heavy atom. The van der Waals surface area contributed by atoms with E-state index in [1.165, 1.54) is 6.20 Å². The van der Waals surface area contributed by atoms with Crippen molar-refractivity contribution in [3.05, 3.63) is 77.3 Å². The number of carbonyl (C=O) groups is 2. The standard InChI is InChI=1S/C32H35N7O6/c1-31(2,3)45-30(42)33-14-13-25-38-39-27(43-25)23-17-35-29(36-21-11-12-22-24(15-21)32(4,5)44-28(22)41)37-26(23)34-16-20(18-40)19-9-7-6-8-10-19/h6-12,15-17,20,40H,13-14,18H2,1-5H3,(H,33,42)(H,35,36,37)/b34-16-. The third-order valence-corrected chi connectivity index (χ3v) is 6.77. The van der Waals surface area contributed by atoms with Crippen molar-refractivity contribution in [3.63, 3.8) is 0 Å². The molecule has 0 saturated heterocycles. The van der Waals surface area contributed by atoms with E-state index in [1.807, 2.05) is 50.2 Å². The average Bonchev–Trinajstić information content (AvgIpc) is 3.54. The van der Waals surface area contributed by atoms with E-state index in [0.717, 1.165) is 11.1 Å². The van der Waals surface area contributed by atoms with Gasteiger partial charge in [0.05, 0.1) is 12.2 Å². The van der Waals surface area contributed by atoms with Crippen molar-refractivity contribution < 1.29 is 28.6 Å². The molecule has 0 bridgehead atoms. The zero-order valence-electron chi connectivity index (χ0n) is 25.7. The van der Waals surface area contributed by atoms with Crippen LogP contribution in [0.3, 0.4) is 0 Å². The van der Waals surface area contributed by atoms with Gasteiger partial charge >= 0.3 is 12.1 Å². The smallest absolute Gasteiger partial charge is 0.407 e. The number of alkyl carbamates (subject to hydrolysis) is 1. The first-order valence-electron chi connectivity index (χ1n) is 14.4. The van der Waals surface area contributed by atoms with E-state index in [-0.39, 0.29) is 55.0 Å². The predicted octanol–water partition coefficient (Wildman–Crippen LogP) is 5.22. The predicted molar refractivity (Wildman–Crippen MR) is 166 cm³/mol. The first-order chi connectivity index (χ1) is 21.4. The number of anilines is 2. The summed E-state index contributed by atoms with van der Waals surface area (Å²) in [5, 5.41) is 24.1. The molecule has 2 aromatic heterocycles. The largest absolute Gasteiger partial charge is 0.451 e. The number of nitrogens with zero attached hydrogens (tertiary/aromatic N) is 5. The highest BCUT2D eigenvalue weighted by atomic mass is 16.6.